The maximum Gasteiger partial charge on any atom is 0.335 e. The van der Waals surface area contributed by atoms with Gasteiger partial charge in [0, 0.05) is 6.61 Å². The van der Waals surface area contributed by atoms with E-state index in [0.717, 1.165) is 57.9 Å². The maximum absolute atomic E-state index is 13.9. The predicted octanol–water partition coefficient (Wildman–Crippen LogP) is -5.36. The average molecular weight is 1140 g/mol. The number of hydrogen-bond acceptors (Lipinski definition) is 19. The van der Waals surface area contributed by atoms with Crippen molar-refractivity contribution in [1.82, 2.24) is 47.9 Å². The number of aliphatic hydroxyl groups excluding tert-OH is 5. The highest BCUT2D eigenvalue weighted by atomic mass is 35.5. The molecule has 19 N–H and O–H groups in total. The van der Waals surface area contributed by atoms with Crippen molar-refractivity contribution >= 4 is 76.7 Å². The number of unbranched alkanes of at least 4 members (excludes halogenated alkanes) is 8. The summed E-state index contributed by atoms with van der Waals surface area (Å²) >= 11 is 5.84. The molecular weight excluding hydrogens is 1050 g/mol. The lowest BCUT2D eigenvalue weighted by Crippen LogP contribution is -2.62. The summed E-state index contributed by atoms with van der Waals surface area (Å²) in [5.74, 6) is -15.3. The van der Waals surface area contributed by atoms with E-state index in [9.17, 15) is 83.4 Å². The Bertz CT molecular complexity index is 2020. The highest BCUT2D eigenvalue weighted by Gasteiger charge is 2.40. The van der Waals surface area contributed by atoms with Crippen molar-refractivity contribution in [2.75, 3.05) is 38.7 Å². The Kier molecular flexibility index (Phi) is 34.5. The quantitative estimate of drug-likeness (QED) is 0.0176. The molecule has 1 aliphatic heterocycles. The van der Waals surface area contributed by atoms with Gasteiger partial charge in [-0.1, -0.05) is 70.8 Å². The molecule has 0 aromatic carbocycles. The van der Waals surface area contributed by atoms with E-state index in [1.54, 1.807) is 0 Å². The molecule has 1 fully saturated rings. The highest BCUT2D eigenvalue weighted by Crippen LogP contribution is 2.13. The Morgan fingerprint density at radius 1 is 0.705 bits per heavy atom. The number of amides is 9. The number of carbonyl (C=O) groups is 11. The zero-order valence-corrected chi connectivity index (χ0v) is 45.1. The minimum Gasteiger partial charge on any atom is -0.479 e. The van der Waals surface area contributed by atoms with Crippen LogP contribution in [0.4, 0.5) is 0 Å². The number of aliphatic carboxylic acids is 1. The van der Waals surface area contributed by atoms with Gasteiger partial charge in [-0.15, -0.1) is 11.6 Å². The molecule has 0 bridgehead atoms. The zero-order chi connectivity index (χ0) is 58.9. The van der Waals surface area contributed by atoms with Crippen molar-refractivity contribution in [3.63, 3.8) is 0 Å². The lowest BCUT2D eigenvalue weighted by molar-refractivity contribution is -0.155. The number of nitrogens with one attached hydrogen (secondary N) is 9. The van der Waals surface area contributed by atoms with E-state index in [1.165, 1.54) is 13.3 Å². The zero-order valence-electron chi connectivity index (χ0n) is 44.4. The van der Waals surface area contributed by atoms with Crippen LogP contribution in [0.25, 0.3) is 0 Å². The number of rotatable bonds is 25. The molecule has 78 heavy (non-hydrogen) atoms. The van der Waals surface area contributed by atoms with E-state index in [0.29, 0.717) is 6.42 Å². The number of carboxylic acid groups (broad SMARTS) is 1. The van der Waals surface area contributed by atoms with Crippen LogP contribution in [0.1, 0.15) is 117 Å². The number of carboxylic acids is 1. The fraction of sp³-hybridized carbons (Fsp3) is 0.729. The number of esters is 1. The first-order chi connectivity index (χ1) is 37.0. The summed E-state index contributed by atoms with van der Waals surface area (Å²) in [7, 11) is 0. The Labute approximate surface area is 457 Å². The van der Waals surface area contributed by atoms with Crippen LogP contribution in [0, 0.1) is 0 Å². The third-order valence-corrected chi connectivity index (χ3v) is 12.4. The molecule has 30 heteroatoms. The van der Waals surface area contributed by atoms with Gasteiger partial charge in [0.25, 0.3) is 5.91 Å². The van der Waals surface area contributed by atoms with Crippen LogP contribution in [0.5, 0.6) is 0 Å². The summed E-state index contributed by atoms with van der Waals surface area (Å²) in [6.45, 7) is 1.46. The lowest BCUT2D eigenvalue weighted by Gasteiger charge is -2.28. The molecule has 0 saturated carbocycles. The highest BCUT2D eigenvalue weighted by molar-refractivity contribution is 6.18. The minimum absolute atomic E-state index is 0.00559. The molecule has 0 aliphatic carbocycles. The van der Waals surface area contributed by atoms with E-state index < -0.39 is 176 Å². The third-order valence-electron chi connectivity index (χ3n) is 12.1. The Morgan fingerprint density at radius 2 is 1.28 bits per heavy atom. The van der Waals surface area contributed by atoms with Crippen LogP contribution < -0.4 is 59.3 Å². The van der Waals surface area contributed by atoms with Crippen molar-refractivity contribution in [2.45, 2.75) is 184 Å². The molecule has 444 valence electrons. The first-order valence-electron chi connectivity index (χ1n) is 26.0. The number of carbonyl (C=O) groups excluding carboxylic acids is 10. The Balaban J connectivity index is 3.80. The molecule has 1 aliphatic rings. The molecule has 1 rings (SSSR count). The molecular formula is C48H82ClN11O18. The summed E-state index contributed by atoms with van der Waals surface area (Å²) in [4.78, 5) is 148. The second-order valence-corrected chi connectivity index (χ2v) is 18.9. The van der Waals surface area contributed by atoms with Crippen LogP contribution in [-0.4, -0.2) is 201 Å². The van der Waals surface area contributed by atoms with Gasteiger partial charge >= 0.3 is 11.9 Å². The first-order valence-corrected chi connectivity index (χ1v) is 26.6. The van der Waals surface area contributed by atoms with Gasteiger partial charge in [0.15, 0.2) is 12.1 Å². The molecule has 9 amide bonds. The van der Waals surface area contributed by atoms with Crippen LogP contribution in [0.2, 0.25) is 0 Å². The molecule has 1 heterocycles. The lowest BCUT2D eigenvalue weighted by atomic mass is 10.0. The van der Waals surface area contributed by atoms with Crippen molar-refractivity contribution in [3.05, 3.63) is 11.8 Å². The van der Waals surface area contributed by atoms with Gasteiger partial charge in [-0.25, -0.2) is 9.59 Å². The van der Waals surface area contributed by atoms with Crippen molar-refractivity contribution in [1.29, 1.82) is 0 Å². The van der Waals surface area contributed by atoms with Crippen molar-refractivity contribution in [3.8, 4) is 0 Å². The number of ether oxygens (including phenoxy) is 1. The molecule has 29 nitrogen and oxygen atoms in total. The van der Waals surface area contributed by atoms with Gasteiger partial charge < -0.3 is 94.7 Å². The summed E-state index contributed by atoms with van der Waals surface area (Å²) in [5, 5.41) is 81.9. The van der Waals surface area contributed by atoms with Crippen molar-refractivity contribution < 1.29 is 88.1 Å². The fourth-order valence-electron chi connectivity index (χ4n) is 7.63. The summed E-state index contributed by atoms with van der Waals surface area (Å²) < 4.78 is 5.26. The second-order valence-electron chi connectivity index (χ2n) is 18.6. The van der Waals surface area contributed by atoms with Gasteiger partial charge in [-0.2, -0.15) is 0 Å². The number of hydrogen-bond donors (Lipinski definition) is 17. The molecule has 0 unspecified atom stereocenters. The van der Waals surface area contributed by atoms with Gasteiger partial charge in [0.2, 0.25) is 47.3 Å². The van der Waals surface area contributed by atoms with E-state index in [2.05, 4.69) is 44.1 Å². The van der Waals surface area contributed by atoms with E-state index in [1.807, 2.05) is 10.6 Å². The van der Waals surface area contributed by atoms with Crippen LogP contribution in [0.15, 0.2) is 11.8 Å². The molecule has 1 saturated heterocycles. The van der Waals surface area contributed by atoms with E-state index >= 15 is 0 Å². The van der Waals surface area contributed by atoms with Crippen LogP contribution in [0.3, 0.4) is 0 Å². The fourth-order valence-corrected chi connectivity index (χ4v) is 7.80. The number of aliphatic hydroxyl groups is 5. The maximum atomic E-state index is 13.9. The van der Waals surface area contributed by atoms with Crippen LogP contribution >= 0.6 is 11.6 Å². The van der Waals surface area contributed by atoms with Gasteiger partial charge in [-0.05, 0) is 59.0 Å². The molecule has 0 spiro atoms. The predicted molar refractivity (Wildman–Crippen MR) is 278 cm³/mol. The normalized spacial score (nSPS) is 24.4. The second kappa shape index (κ2) is 38.5. The largest absolute Gasteiger partial charge is 0.479 e. The standard InChI is InChI=1S/C48H82ClN11O18/c1-4-6-7-8-9-10-11-12-13-15-27(63)22-34(65)54-32-25-78-48(77)37(33(64)23-49)59-46(74)38(39(67)47(75)76)60-41(69)28(5-2)55-45(73)36(26(3)62)58-43(71)29(16-14-19-50)56-42(70)31(18-21-61)53-35(66)24-52-40(68)30(17-20-51)57-44(32)72/h5,26-27,29-33,36-39,61-64,67H,4,6-25,50-51H2,1-3H3,(H,52,68)(H,53,66)(H,54,65)(H,55,73)(H,56,70)(H,57,72)(H,58,71)(H,59,74)(H,60,69)(H,75,76)/b28-5+/t26-,27-,29-,30+,31+,32+,33+,36-,37+,38-,39+/m0/s1. The van der Waals surface area contributed by atoms with E-state index in [4.69, 9.17) is 27.8 Å². The molecule has 11 atom stereocenters. The number of allylic oxidation sites excluding steroid dienone is 1. The van der Waals surface area contributed by atoms with Gasteiger partial charge in [0.05, 0.1) is 37.2 Å². The summed E-state index contributed by atoms with van der Waals surface area (Å²) in [6, 6.07) is -13.3. The SMILES string of the molecule is C/C=C1/NC(=O)[C@H]([C@H](C)O)NC(=O)[C@H](CCCN)NC(=O)[C@@H](CCO)NC(=O)CNC(=O)[C@@H](CCN)NC(=O)[C@H](NC(=O)C[C@@H](O)CCCCCCCCCCC)COC(=O)[C@@H]([C@H](O)CCl)NC(=O)[C@H]([C@@H](O)C(=O)O)NC1=O. The topological polar surface area (TPSA) is 479 Å². The first kappa shape index (κ1) is 69.9. The number of cyclic esters (lactones) is 1. The van der Waals surface area contributed by atoms with Crippen LogP contribution in [-0.2, 0) is 57.5 Å². The number of alkyl halides is 1. The monoisotopic (exact) mass is 1140 g/mol. The third kappa shape index (κ3) is 26.0. The Morgan fingerprint density at radius 3 is 1.85 bits per heavy atom. The smallest absolute Gasteiger partial charge is 0.335 e. The number of nitrogens with two attached hydrogens (primary N) is 2. The summed E-state index contributed by atoms with van der Waals surface area (Å²) in [6.07, 6.45) is 0.901. The Hall–Kier alpha value is -6.08. The van der Waals surface area contributed by atoms with Gasteiger partial charge in [0.1, 0.15) is 48.6 Å². The van der Waals surface area contributed by atoms with Gasteiger partial charge in [-0.3, -0.25) is 43.2 Å². The van der Waals surface area contributed by atoms with Crippen molar-refractivity contribution in [2.24, 2.45) is 11.5 Å². The summed E-state index contributed by atoms with van der Waals surface area (Å²) in [5.41, 5.74) is 10.6. The average Bonchev–Trinajstić information content (AvgIpc) is 3.39. The minimum atomic E-state index is -2.80. The molecule has 0 radical (unpaired) electrons. The number of halogens is 1. The molecule has 0 aromatic heterocycles. The molecule has 0 aromatic rings. The van der Waals surface area contributed by atoms with E-state index in [-0.39, 0.29) is 38.8 Å².